The second-order valence-corrected chi connectivity index (χ2v) is 9.44. The lowest BCUT2D eigenvalue weighted by atomic mass is 9.70. The van der Waals surface area contributed by atoms with Crippen molar-refractivity contribution in [2.45, 2.75) is 69.4 Å². The Morgan fingerprint density at radius 2 is 1.91 bits per heavy atom. The molecule has 2 atom stereocenters. The summed E-state index contributed by atoms with van der Waals surface area (Å²) in [6, 6.07) is 0. The summed E-state index contributed by atoms with van der Waals surface area (Å²) in [6.45, 7) is 11.1. The van der Waals surface area contributed by atoms with Gasteiger partial charge in [-0.3, -0.25) is 0 Å². The van der Waals surface area contributed by atoms with Crippen LogP contribution in [0.1, 0.15) is 70.2 Å². The third-order valence-electron chi connectivity index (χ3n) is 7.02. The predicted octanol–water partition coefficient (Wildman–Crippen LogP) is 2.21. The molecular weight excluding hydrogens is 304 g/mol. The Balaban J connectivity index is 1.45. The summed E-state index contributed by atoms with van der Waals surface area (Å²) in [5.41, 5.74) is 2.91. The Morgan fingerprint density at radius 1 is 1.13 bits per heavy atom. The molecule has 2 fully saturated rings. The zero-order chi connectivity index (χ0) is 16.1. The molecule has 1 aliphatic heterocycles. The fraction of sp³-hybridized carbons (Fsp3) is 0.833. The van der Waals surface area contributed by atoms with Crippen LogP contribution in [0.4, 0.5) is 0 Å². The zero-order valence-corrected chi connectivity index (χ0v) is 15.5. The maximum Gasteiger partial charge on any atom is 0.209 e. The summed E-state index contributed by atoms with van der Waals surface area (Å²) in [6.07, 6.45) is 6.71. The van der Waals surface area contributed by atoms with E-state index >= 15 is 0 Å². The molecule has 1 aromatic rings. The molecule has 2 heterocycles. The average Bonchev–Trinajstić information content (AvgIpc) is 2.88. The highest BCUT2D eigenvalue weighted by Gasteiger charge is 2.61. The predicted molar refractivity (Wildman–Crippen MR) is 93.1 cm³/mol. The van der Waals surface area contributed by atoms with Crippen LogP contribution in [-0.4, -0.2) is 40.6 Å². The smallest absolute Gasteiger partial charge is 0.209 e. The molecule has 0 unspecified atom stereocenters. The van der Waals surface area contributed by atoms with E-state index in [0.29, 0.717) is 5.92 Å². The van der Waals surface area contributed by atoms with Crippen LogP contribution in [0.3, 0.4) is 0 Å². The minimum absolute atomic E-state index is 0.191. The van der Waals surface area contributed by atoms with Gasteiger partial charge in [-0.15, -0.1) is 5.10 Å². The standard InChI is InChI=1S/C18H28N4S/c1-17(2)13-7-8-18(17,3)15-14(13)20-21-16(19-15)23-12-11-22-9-5-4-6-10-22/h13H,4-12H2,1-3H3/p+1/t13-,18-/m0/s1. The van der Waals surface area contributed by atoms with E-state index in [9.17, 15) is 0 Å². The molecule has 126 valence electrons. The van der Waals surface area contributed by atoms with Crippen molar-refractivity contribution in [3.63, 3.8) is 0 Å². The molecule has 1 aromatic heterocycles. The van der Waals surface area contributed by atoms with Crippen molar-refractivity contribution in [2.75, 3.05) is 25.4 Å². The van der Waals surface area contributed by atoms with Crippen molar-refractivity contribution in [1.82, 2.24) is 15.2 Å². The first-order valence-corrected chi connectivity index (χ1v) is 10.2. The number of nitrogens with one attached hydrogen (secondary N) is 1. The Kier molecular flexibility index (Phi) is 3.92. The van der Waals surface area contributed by atoms with E-state index < -0.39 is 0 Å². The molecule has 5 heteroatoms. The van der Waals surface area contributed by atoms with Crippen molar-refractivity contribution in [3.05, 3.63) is 11.4 Å². The molecule has 2 bridgehead atoms. The van der Waals surface area contributed by atoms with E-state index in [1.54, 1.807) is 16.7 Å². The first kappa shape index (κ1) is 15.8. The Labute approximate surface area is 143 Å². The molecule has 1 saturated heterocycles. The number of nitrogens with zero attached hydrogens (tertiary/aromatic N) is 3. The Bertz CT molecular complexity index is 597. The zero-order valence-electron chi connectivity index (χ0n) is 14.7. The van der Waals surface area contributed by atoms with Gasteiger partial charge in [0, 0.05) is 11.3 Å². The lowest BCUT2D eigenvalue weighted by Crippen LogP contribution is -3.13. The Hall–Kier alpha value is -0.680. The van der Waals surface area contributed by atoms with Gasteiger partial charge in [-0.1, -0.05) is 32.5 Å². The van der Waals surface area contributed by atoms with Crippen LogP contribution in [-0.2, 0) is 5.41 Å². The summed E-state index contributed by atoms with van der Waals surface area (Å²) >= 11 is 1.80. The summed E-state index contributed by atoms with van der Waals surface area (Å²) in [4.78, 5) is 6.72. The molecular formula is C18H29N4S+. The van der Waals surface area contributed by atoms with Crippen molar-refractivity contribution >= 4 is 11.8 Å². The van der Waals surface area contributed by atoms with Crippen LogP contribution < -0.4 is 4.90 Å². The summed E-state index contributed by atoms with van der Waals surface area (Å²) in [7, 11) is 0. The van der Waals surface area contributed by atoms with Gasteiger partial charge in [0.25, 0.3) is 0 Å². The van der Waals surface area contributed by atoms with Gasteiger partial charge in [-0.2, -0.15) is 5.10 Å². The molecule has 1 N–H and O–H groups in total. The molecule has 0 amide bonds. The minimum Gasteiger partial charge on any atom is -0.334 e. The highest BCUT2D eigenvalue weighted by molar-refractivity contribution is 7.99. The number of quaternary nitrogens is 1. The van der Waals surface area contributed by atoms with Crippen molar-refractivity contribution in [3.8, 4) is 0 Å². The van der Waals surface area contributed by atoms with Gasteiger partial charge >= 0.3 is 0 Å². The van der Waals surface area contributed by atoms with E-state index in [1.807, 2.05) is 0 Å². The van der Waals surface area contributed by atoms with Crippen molar-refractivity contribution in [2.24, 2.45) is 5.41 Å². The minimum atomic E-state index is 0.191. The van der Waals surface area contributed by atoms with Crippen LogP contribution in [0.15, 0.2) is 5.16 Å². The number of rotatable bonds is 4. The number of fused-ring (bicyclic) bond motifs is 5. The molecule has 3 aliphatic rings. The summed E-state index contributed by atoms with van der Waals surface area (Å²) < 4.78 is 0. The quantitative estimate of drug-likeness (QED) is 0.858. The topological polar surface area (TPSA) is 43.1 Å². The third kappa shape index (κ3) is 2.42. The van der Waals surface area contributed by atoms with E-state index in [-0.39, 0.29) is 10.8 Å². The number of thioether (sulfide) groups is 1. The molecule has 2 aliphatic carbocycles. The number of hydrogen-bond acceptors (Lipinski definition) is 4. The van der Waals surface area contributed by atoms with Crippen molar-refractivity contribution < 1.29 is 4.90 Å². The van der Waals surface area contributed by atoms with E-state index in [2.05, 4.69) is 31.0 Å². The lowest BCUT2D eigenvalue weighted by Gasteiger charge is -2.33. The lowest BCUT2D eigenvalue weighted by molar-refractivity contribution is -0.902. The highest BCUT2D eigenvalue weighted by atomic mass is 32.2. The fourth-order valence-electron chi connectivity index (χ4n) is 5.01. The van der Waals surface area contributed by atoms with E-state index in [0.717, 1.165) is 10.9 Å². The van der Waals surface area contributed by atoms with Gasteiger partial charge in [0.15, 0.2) is 0 Å². The number of hydrogen-bond donors (Lipinski definition) is 1. The summed E-state index contributed by atoms with van der Waals surface area (Å²) in [5, 5.41) is 9.94. The molecule has 0 aromatic carbocycles. The Morgan fingerprint density at radius 3 is 2.70 bits per heavy atom. The molecule has 23 heavy (non-hydrogen) atoms. The van der Waals surface area contributed by atoms with Gasteiger partial charge in [-0.05, 0) is 37.5 Å². The average molecular weight is 334 g/mol. The molecule has 4 nitrogen and oxygen atoms in total. The molecule has 4 rings (SSSR count). The van der Waals surface area contributed by atoms with Gasteiger partial charge < -0.3 is 4.90 Å². The van der Waals surface area contributed by atoms with Gasteiger partial charge in [-0.25, -0.2) is 4.98 Å². The normalized spacial score (nSPS) is 32.2. The van der Waals surface area contributed by atoms with Gasteiger partial charge in [0.1, 0.15) is 0 Å². The maximum absolute atomic E-state index is 4.97. The second-order valence-electron chi connectivity index (χ2n) is 8.38. The summed E-state index contributed by atoms with van der Waals surface area (Å²) in [5.74, 6) is 1.67. The number of piperidine rings is 1. The molecule has 0 spiro atoms. The number of likely N-dealkylation sites (tertiary alicyclic amines) is 1. The van der Waals surface area contributed by atoms with Crippen LogP contribution in [0.2, 0.25) is 0 Å². The van der Waals surface area contributed by atoms with Crippen LogP contribution in [0.5, 0.6) is 0 Å². The van der Waals surface area contributed by atoms with Crippen LogP contribution in [0, 0.1) is 5.41 Å². The largest absolute Gasteiger partial charge is 0.334 e. The third-order valence-corrected chi connectivity index (χ3v) is 7.86. The first-order chi connectivity index (χ1) is 11.0. The van der Waals surface area contributed by atoms with Crippen molar-refractivity contribution in [1.29, 1.82) is 0 Å². The maximum atomic E-state index is 4.97. The van der Waals surface area contributed by atoms with Crippen LogP contribution in [0.25, 0.3) is 0 Å². The molecule has 1 saturated carbocycles. The monoisotopic (exact) mass is 333 g/mol. The first-order valence-electron chi connectivity index (χ1n) is 9.24. The van der Waals surface area contributed by atoms with Gasteiger partial charge in [0.05, 0.1) is 36.8 Å². The SMILES string of the molecule is CC1(C)[C@H]2CC[C@@]1(C)c1nc(SCC[NH+]3CCCCC3)nnc12. The molecule has 0 radical (unpaired) electrons. The highest BCUT2D eigenvalue weighted by Crippen LogP contribution is 2.66. The van der Waals surface area contributed by atoms with E-state index in [1.165, 1.54) is 63.1 Å². The van der Waals surface area contributed by atoms with Gasteiger partial charge in [0.2, 0.25) is 5.16 Å². The van der Waals surface area contributed by atoms with Crippen LogP contribution >= 0.6 is 11.8 Å². The number of aromatic nitrogens is 3. The fourth-order valence-corrected chi connectivity index (χ4v) is 5.84. The second kappa shape index (κ2) is 5.69. The van der Waals surface area contributed by atoms with E-state index in [4.69, 9.17) is 4.98 Å².